The van der Waals surface area contributed by atoms with Crippen LogP contribution >= 0.6 is 0 Å². The lowest BCUT2D eigenvalue weighted by Gasteiger charge is -2.15. The van der Waals surface area contributed by atoms with Crippen LogP contribution in [0.3, 0.4) is 0 Å². The van der Waals surface area contributed by atoms with E-state index in [0.717, 1.165) is 24.0 Å². The zero-order chi connectivity index (χ0) is 25.3. The molecule has 1 aliphatic carbocycles. The molecule has 2 heterocycles. The molecule has 1 N–H and O–H groups in total. The average Bonchev–Trinajstić information content (AvgIpc) is 3.55. The van der Waals surface area contributed by atoms with Crippen molar-refractivity contribution in [3.63, 3.8) is 0 Å². The molecule has 1 aliphatic heterocycles. The van der Waals surface area contributed by atoms with Crippen molar-refractivity contribution in [1.29, 1.82) is 0 Å². The van der Waals surface area contributed by atoms with E-state index in [-0.39, 0.29) is 25.3 Å². The molecule has 190 valence electrons. The van der Waals surface area contributed by atoms with Crippen LogP contribution in [0.1, 0.15) is 25.5 Å². The Morgan fingerprint density at radius 2 is 1.81 bits per heavy atom. The topological polar surface area (TPSA) is 97.8 Å². The van der Waals surface area contributed by atoms with Gasteiger partial charge in [-0.15, -0.1) is 0 Å². The maximum Gasteiger partial charge on any atom is 0.240 e. The van der Waals surface area contributed by atoms with E-state index in [1.54, 1.807) is 24.3 Å². The molecule has 0 radical (unpaired) electrons. The molecule has 1 saturated carbocycles. The minimum Gasteiger partial charge on any atom is -0.454 e. The molecule has 3 aromatic rings. The molecule has 0 spiro atoms. The van der Waals surface area contributed by atoms with E-state index in [9.17, 15) is 13.2 Å². The number of fused-ring (bicyclic) bond motifs is 1. The third kappa shape index (κ3) is 5.00. The molecule has 0 bridgehead atoms. The van der Waals surface area contributed by atoms with Gasteiger partial charge in [0.15, 0.2) is 11.5 Å². The van der Waals surface area contributed by atoms with Gasteiger partial charge < -0.3 is 14.4 Å². The quantitative estimate of drug-likeness (QED) is 0.447. The van der Waals surface area contributed by atoms with Crippen LogP contribution in [-0.4, -0.2) is 58.1 Å². The second-order valence-corrected chi connectivity index (χ2v) is 11.3. The van der Waals surface area contributed by atoms with Crippen LogP contribution in [0, 0.1) is 0 Å². The van der Waals surface area contributed by atoms with Gasteiger partial charge in [-0.3, -0.25) is 9.78 Å². The molecule has 5 rings (SSSR count). The van der Waals surface area contributed by atoms with E-state index in [0.29, 0.717) is 36.0 Å². The van der Waals surface area contributed by atoms with E-state index in [1.165, 1.54) is 0 Å². The average molecular weight is 510 g/mol. The zero-order valence-corrected chi connectivity index (χ0v) is 21.2. The van der Waals surface area contributed by atoms with Gasteiger partial charge in [-0.2, -0.15) is 0 Å². The Morgan fingerprint density at radius 1 is 1.06 bits per heavy atom. The Kier molecular flexibility index (Phi) is 6.55. The number of nitrogens with zero attached hydrogens (tertiary/aromatic N) is 2. The molecular weight excluding hydrogens is 478 g/mol. The summed E-state index contributed by atoms with van der Waals surface area (Å²) in [4.78, 5) is 20.2. The van der Waals surface area contributed by atoms with Crippen LogP contribution in [0.2, 0.25) is 0 Å². The Balaban J connectivity index is 0.00000320. The third-order valence-corrected chi connectivity index (χ3v) is 8.15. The number of rotatable bonds is 10. The number of nitrogens with one attached hydrogen (secondary N) is 1. The Hall–Kier alpha value is -3.27. The summed E-state index contributed by atoms with van der Waals surface area (Å²) in [5.41, 5.74) is 2.63. The molecule has 36 heavy (non-hydrogen) atoms. The smallest absolute Gasteiger partial charge is 0.240 e. The van der Waals surface area contributed by atoms with Crippen molar-refractivity contribution in [2.75, 3.05) is 34.0 Å². The number of pyridine rings is 1. The maximum absolute atomic E-state index is 13.3. The van der Waals surface area contributed by atoms with Gasteiger partial charge in [0.2, 0.25) is 16.8 Å². The summed E-state index contributed by atoms with van der Waals surface area (Å²) in [6.07, 6.45) is 1.85. The molecule has 0 atom stereocenters. The number of ketones is 1. The van der Waals surface area contributed by atoms with Crippen LogP contribution in [-0.2, 0) is 26.7 Å². The van der Waals surface area contributed by atoms with Crippen molar-refractivity contribution in [3.8, 4) is 22.8 Å². The number of aromatic nitrogens is 1. The number of benzene rings is 2. The second-order valence-electron chi connectivity index (χ2n) is 9.49. The highest BCUT2D eigenvalue weighted by atomic mass is 32.2. The summed E-state index contributed by atoms with van der Waals surface area (Å²) in [7, 11) is 0.200. The Labute approximate surface area is 212 Å². The third-order valence-electron chi connectivity index (χ3n) is 6.67. The first kappa shape index (κ1) is 24.4. The van der Waals surface area contributed by atoms with E-state index >= 15 is 0 Å². The van der Waals surface area contributed by atoms with Gasteiger partial charge >= 0.3 is 0 Å². The summed E-state index contributed by atoms with van der Waals surface area (Å²) < 4.78 is 38.5. The molecular formula is C27H31N3O5S. The number of likely N-dealkylation sites (N-methyl/N-ethyl adjacent to an activating group) is 1. The summed E-state index contributed by atoms with van der Waals surface area (Å²) in [5, 5.41) is 0. The summed E-state index contributed by atoms with van der Waals surface area (Å²) in [6, 6.07) is 18.0. The fourth-order valence-corrected chi connectivity index (χ4v) is 5.43. The first-order valence-electron chi connectivity index (χ1n) is 11.9. The standard InChI is InChI=1S/C27H29N3O5S.H2/c1-30(2)15-14-28-36(32,33)22-9-6-19(7-10-22)23-5-3-4-21(29-23)17-26(31)27(12-13-27)20-8-11-24-25(16-20)35-18-34-24;/h3-11,16,28H,12-15,17-18H2,1-2H3;1H. The van der Waals surface area contributed by atoms with Crippen LogP contribution in [0.4, 0.5) is 0 Å². The summed E-state index contributed by atoms with van der Waals surface area (Å²) >= 11 is 0. The summed E-state index contributed by atoms with van der Waals surface area (Å²) in [6.45, 7) is 1.15. The first-order chi connectivity index (χ1) is 17.3. The van der Waals surface area contributed by atoms with Crippen LogP contribution < -0.4 is 14.2 Å². The fraction of sp³-hybridized carbons (Fsp3) is 0.333. The fourth-order valence-electron chi connectivity index (χ4n) is 4.41. The van der Waals surface area contributed by atoms with E-state index in [4.69, 9.17) is 14.5 Å². The number of carbonyl (C=O) groups is 1. The molecule has 8 nitrogen and oxygen atoms in total. The normalized spacial score (nSPS) is 15.8. The lowest BCUT2D eigenvalue weighted by molar-refractivity contribution is -0.120. The molecule has 2 aromatic carbocycles. The largest absolute Gasteiger partial charge is 0.454 e. The minimum atomic E-state index is -3.58. The number of sulfonamides is 1. The van der Waals surface area contributed by atoms with Gasteiger partial charge in [0.1, 0.15) is 5.78 Å². The lowest BCUT2D eigenvalue weighted by atomic mass is 9.88. The monoisotopic (exact) mass is 509 g/mol. The highest BCUT2D eigenvalue weighted by Crippen LogP contribution is 2.51. The Morgan fingerprint density at radius 3 is 2.53 bits per heavy atom. The van der Waals surface area contributed by atoms with Crippen LogP contribution in [0.15, 0.2) is 65.6 Å². The molecule has 0 unspecified atom stereocenters. The van der Waals surface area contributed by atoms with Crippen molar-refractivity contribution < 1.29 is 24.1 Å². The van der Waals surface area contributed by atoms with Crippen LogP contribution in [0.25, 0.3) is 11.3 Å². The van der Waals surface area contributed by atoms with Crippen LogP contribution in [0.5, 0.6) is 11.5 Å². The predicted octanol–water partition coefficient (Wildman–Crippen LogP) is 3.41. The van der Waals surface area contributed by atoms with Gasteiger partial charge in [0.05, 0.1) is 16.0 Å². The van der Waals surface area contributed by atoms with Crippen molar-refractivity contribution in [2.45, 2.75) is 29.6 Å². The van der Waals surface area contributed by atoms with E-state index in [2.05, 4.69) is 4.72 Å². The molecule has 9 heteroatoms. The van der Waals surface area contributed by atoms with Gasteiger partial charge in [-0.05, 0) is 68.9 Å². The molecule has 0 saturated heterocycles. The van der Waals surface area contributed by atoms with Gasteiger partial charge in [-0.25, -0.2) is 13.1 Å². The molecule has 1 fully saturated rings. The molecule has 1 aromatic heterocycles. The molecule has 0 amide bonds. The highest BCUT2D eigenvalue weighted by molar-refractivity contribution is 7.89. The second kappa shape index (κ2) is 9.65. The highest BCUT2D eigenvalue weighted by Gasteiger charge is 2.51. The number of ether oxygens (including phenoxy) is 2. The zero-order valence-electron chi connectivity index (χ0n) is 20.4. The van der Waals surface area contributed by atoms with Gasteiger partial charge in [-0.1, -0.05) is 24.3 Å². The Bertz CT molecular complexity index is 1390. The summed E-state index contributed by atoms with van der Waals surface area (Å²) in [5.74, 6) is 1.53. The van der Waals surface area contributed by atoms with Crippen molar-refractivity contribution in [2.24, 2.45) is 0 Å². The van der Waals surface area contributed by atoms with Gasteiger partial charge in [0.25, 0.3) is 0 Å². The van der Waals surface area contributed by atoms with E-state index < -0.39 is 15.4 Å². The van der Waals surface area contributed by atoms with E-state index in [1.807, 2.05) is 55.4 Å². The lowest BCUT2D eigenvalue weighted by Crippen LogP contribution is -2.31. The first-order valence-corrected chi connectivity index (χ1v) is 13.4. The van der Waals surface area contributed by atoms with Crippen molar-refractivity contribution >= 4 is 15.8 Å². The number of carbonyl (C=O) groups excluding carboxylic acids is 1. The van der Waals surface area contributed by atoms with Gasteiger partial charge in [0, 0.05) is 32.2 Å². The SMILES string of the molecule is CN(C)CCNS(=O)(=O)c1ccc(-c2cccc(CC(=O)C3(c4ccc5c(c4)OCO5)CC3)n2)cc1.[HH]. The van der Waals surface area contributed by atoms with Crippen molar-refractivity contribution in [3.05, 3.63) is 71.9 Å². The molecule has 2 aliphatic rings. The predicted molar refractivity (Wildman–Crippen MR) is 138 cm³/mol. The van der Waals surface area contributed by atoms with Crippen molar-refractivity contribution in [1.82, 2.24) is 14.6 Å². The number of hydrogen-bond donors (Lipinski definition) is 1. The number of hydrogen-bond acceptors (Lipinski definition) is 7. The number of Topliss-reactive ketones (excluding diaryl/α,β-unsaturated/α-hetero) is 1. The minimum absolute atomic E-state index is 0. The maximum atomic E-state index is 13.3.